The second-order valence-corrected chi connectivity index (χ2v) is 5.58. The lowest BCUT2D eigenvalue weighted by atomic mass is 10.2. The molecule has 0 aromatic carbocycles. The largest absolute Gasteiger partial charge is 0.314 e. The standard InChI is InChI=1S/C12H19NS/c1-8(2)13-7-10-6-11(10)12-9(3)4-5-14-12/h4-5,8,10-11,13H,6-7H2,1-3H3. The molecule has 2 heteroatoms. The number of aryl methyl sites for hydroxylation is 1. The molecule has 0 saturated heterocycles. The van der Waals surface area contributed by atoms with Crippen molar-refractivity contribution < 1.29 is 0 Å². The molecule has 2 unspecified atom stereocenters. The molecule has 0 spiro atoms. The van der Waals surface area contributed by atoms with E-state index in [1.807, 2.05) is 11.3 Å². The summed E-state index contributed by atoms with van der Waals surface area (Å²) in [6.07, 6.45) is 1.39. The third-order valence-electron chi connectivity index (χ3n) is 2.95. The normalized spacial score (nSPS) is 25.7. The third kappa shape index (κ3) is 2.18. The highest BCUT2D eigenvalue weighted by Gasteiger charge is 2.39. The molecular formula is C12H19NS. The predicted octanol–water partition coefficient (Wildman–Crippen LogP) is 3.16. The van der Waals surface area contributed by atoms with E-state index in [0.29, 0.717) is 6.04 Å². The average molecular weight is 209 g/mol. The molecule has 2 atom stereocenters. The maximum absolute atomic E-state index is 3.52. The van der Waals surface area contributed by atoms with E-state index < -0.39 is 0 Å². The minimum atomic E-state index is 0.626. The van der Waals surface area contributed by atoms with E-state index in [1.54, 1.807) is 4.88 Å². The van der Waals surface area contributed by atoms with Gasteiger partial charge < -0.3 is 5.32 Å². The van der Waals surface area contributed by atoms with E-state index in [-0.39, 0.29) is 0 Å². The van der Waals surface area contributed by atoms with Gasteiger partial charge in [-0.25, -0.2) is 0 Å². The average Bonchev–Trinajstić information content (AvgIpc) is 2.78. The fourth-order valence-electron chi connectivity index (χ4n) is 1.95. The van der Waals surface area contributed by atoms with Crippen molar-refractivity contribution in [3.05, 3.63) is 21.9 Å². The van der Waals surface area contributed by atoms with Gasteiger partial charge in [-0.2, -0.15) is 0 Å². The summed E-state index contributed by atoms with van der Waals surface area (Å²) >= 11 is 1.93. The van der Waals surface area contributed by atoms with Crippen LogP contribution in [-0.2, 0) is 0 Å². The Bertz CT molecular complexity index is 303. The summed E-state index contributed by atoms with van der Waals surface area (Å²) in [5.74, 6) is 1.76. The quantitative estimate of drug-likeness (QED) is 0.803. The van der Waals surface area contributed by atoms with Crippen LogP contribution in [0.1, 0.15) is 36.6 Å². The van der Waals surface area contributed by atoms with Crippen LogP contribution < -0.4 is 5.32 Å². The highest BCUT2D eigenvalue weighted by Crippen LogP contribution is 2.49. The Kier molecular flexibility index (Phi) is 2.93. The maximum Gasteiger partial charge on any atom is 0.0109 e. The fourth-order valence-corrected chi connectivity index (χ4v) is 3.08. The lowest BCUT2D eigenvalue weighted by Gasteiger charge is -2.06. The summed E-state index contributed by atoms with van der Waals surface area (Å²) < 4.78 is 0. The molecule has 0 aliphatic heterocycles. The van der Waals surface area contributed by atoms with E-state index in [1.165, 1.54) is 18.5 Å². The molecule has 0 bridgehead atoms. The van der Waals surface area contributed by atoms with E-state index in [4.69, 9.17) is 0 Å². The van der Waals surface area contributed by atoms with Gasteiger partial charge in [-0.3, -0.25) is 0 Å². The van der Waals surface area contributed by atoms with Crippen LogP contribution in [0.2, 0.25) is 0 Å². The zero-order valence-corrected chi connectivity index (χ0v) is 10.0. The van der Waals surface area contributed by atoms with Gasteiger partial charge in [0.15, 0.2) is 0 Å². The fraction of sp³-hybridized carbons (Fsp3) is 0.667. The van der Waals surface area contributed by atoms with Gasteiger partial charge in [0.05, 0.1) is 0 Å². The summed E-state index contributed by atoms with van der Waals surface area (Å²) in [6, 6.07) is 2.87. The molecule has 1 nitrogen and oxygen atoms in total. The van der Waals surface area contributed by atoms with Crippen LogP contribution in [0.15, 0.2) is 11.4 Å². The van der Waals surface area contributed by atoms with E-state index >= 15 is 0 Å². The van der Waals surface area contributed by atoms with Crippen molar-refractivity contribution in [2.75, 3.05) is 6.54 Å². The summed E-state index contributed by atoms with van der Waals surface area (Å²) in [5, 5.41) is 5.74. The van der Waals surface area contributed by atoms with Crippen molar-refractivity contribution in [3.63, 3.8) is 0 Å². The molecule has 1 heterocycles. The van der Waals surface area contributed by atoms with Crippen molar-refractivity contribution in [2.24, 2.45) is 5.92 Å². The maximum atomic E-state index is 3.52. The molecule has 0 radical (unpaired) electrons. The highest BCUT2D eigenvalue weighted by atomic mass is 32.1. The SMILES string of the molecule is Cc1ccsc1C1CC1CNC(C)C. The van der Waals surface area contributed by atoms with Gasteiger partial charge in [-0.1, -0.05) is 13.8 Å². The van der Waals surface area contributed by atoms with Crippen LogP contribution in [-0.4, -0.2) is 12.6 Å². The Balaban J connectivity index is 1.85. The predicted molar refractivity (Wildman–Crippen MR) is 63.0 cm³/mol. The molecule has 78 valence electrons. The molecule has 1 aliphatic carbocycles. The first-order valence-corrected chi connectivity index (χ1v) is 6.34. The van der Waals surface area contributed by atoms with Crippen LogP contribution >= 0.6 is 11.3 Å². The minimum absolute atomic E-state index is 0.626. The molecule has 0 amide bonds. The van der Waals surface area contributed by atoms with Gasteiger partial charge >= 0.3 is 0 Å². The van der Waals surface area contributed by atoms with Crippen molar-refractivity contribution in [2.45, 2.75) is 39.2 Å². The van der Waals surface area contributed by atoms with Gasteiger partial charge in [0.25, 0.3) is 0 Å². The zero-order valence-electron chi connectivity index (χ0n) is 9.21. The second kappa shape index (κ2) is 4.03. The molecule has 1 aromatic rings. The Morgan fingerprint density at radius 1 is 1.57 bits per heavy atom. The monoisotopic (exact) mass is 209 g/mol. The van der Waals surface area contributed by atoms with Crippen molar-refractivity contribution >= 4 is 11.3 Å². The molecule has 1 N–H and O–H groups in total. The Morgan fingerprint density at radius 3 is 2.93 bits per heavy atom. The Hall–Kier alpha value is -0.340. The van der Waals surface area contributed by atoms with Crippen LogP contribution in [0, 0.1) is 12.8 Å². The number of thiophene rings is 1. The number of rotatable bonds is 4. The first-order valence-electron chi connectivity index (χ1n) is 5.46. The van der Waals surface area contributed by atoms with Crippen LogP contribution in [0.4, 0.5) is 0 Å². The van der Waals surface area contributed by atoms with Gasteiger partial charge in [0, 0.05) is 10.9 Å². The number of nitrogens with one attached hydrogen (secondary N) is 1. The van der Waals surface area contributed by atoms with Crippen LogP contribution in [0.5, 0.6) is 0 Å². The Labute approximate surface area is 90.5 Å². The summed E-state index contributed by atoms with van der Waals surface area (Å²) in [5.41, 5.74) is 1.49. The summed E-state index contributed by atoms with van der Waals surface area (Å²) in [6.45, 7) is 7.86. The number of hydrogen-bond donors (Lipinski definition) is 1. The summed E-state index contributed by atoms with van der Waals surface area (Å²) in [4.78, 5) is 1.63. The summed E-state index contributed by atoms with van der Waals surface area (Å²) in [7, 11) is 0. The van der Waals surface area contributed by atoms with Crippen molar-refractivity contribution in [3.8, 4) is 0 Å². The lowest BCUT2D eigenvalue weighted by Crippen LogP contribution is -2.25. The van der Waals surface area contributed by atoms with Gasteiger partial charge in [0.1, 0.15) is 0 Å². The minimum Gasteiger partial charge on any atom is -0.314 e. The molecule has 14 heavy (non-hydrogen) atoms. The molecule has 1 aliphatic rings. The second-order valence-electron chi connectivity index (χ2n) is 4.63. The first kappa shape index (κ1) is 10.2. The lowest BCUT2D eigenvalue weighted by molar-refractivity contribution is 0.555. The van der Waals surface area contributed by atoms with E-state index in [9.17, 15) is 0 Å². The molecule has 1 saturated carbocycles. The van der Waals surface area contributed by atoms with Crippen molar-refractivity contribution in [1.82, 2.24) is 5.32 Å². The van der Waals surface area contributed by atoms with Gasteiger partial charge in [-0.15, -0.1) is 11.3 Å². The van der Waals surface area contributed by atoms with E-state index in [2.05, 4.69) is 37.5 Å². The van der Waals surface area contributed by atoms with Gasteiger partial charge in [-0.05, 0) is 48.7 Å². The third-order valence-corrected chi connectivity index (χ3v) is 4.10. The highest BCUT2D eigenvalue weighted by molar-refractivity contribution is 7.10. The smallest absolute Gasteiger partial charge is 0.0109 e. The van der Waals surface area contributed by atoms with Crippen LogP contribution in [0.3, 0.4) is 0 Å². The van der Waals surface area contributed by atoms with Gasteiger partial charge in [0.2, 0.25) is 0 Å². The molecule has 1 fully saturated rings. The van der Waals surface area contributed by atoms with Crippen molar-refractivity contribution in [1.29, 1.82) is 0 Å². The molecule has 2 rings (SSSR count). The first-order chi connectivity index (χ1) is 6.68. The number of hydrogen-bond acceptors (Lipinski definition) is 2. The Morgan fingerprint density at radius 2 is 2.36 bits per heavy atom. The topological polar surface area (TPSA) is 12.0 Å². The van der Waals surface area contributed by atoms with Crippen LogP contribution in [0.25, 0.3) is 0 Å². The molecule has 1 aromatic heterocycles. The zero-order chi connectivity index (χ0) is 10.1. The van der Waals surface area contributed by atoms with E-state index in [0.717, 1.165) is 11.8 Å². The molecular weight excluding hydrogens is 190 g/mol.